The summed E-state index contributed by atoms with van der Waals surface area (Å²) < 4.78 is 0. The van der Waals surface area contributed by atoms with E-state index < -0.39 is 0 Å². The minimum Gasteiger partial charge on any atom is -0.380 e. The molecule has 1 atom stereocenters. The van der Waals surface area contributed by atoms with Crippen molar-refractivity contribution in [1.82, 2.24) is 5.32 Å². The summed E-state index contributed by atoms with van der Waals surface area (Å²) >= 11 is 0. The molecule has 0 aliphatic carbocycles. The molecule has 0 fully saturated rings. The lowest BCUT2D eigenvalue weighted by Gasteiger charge is -2.31. The molecule has 0 radical (unpaired) electrons. The molecular formula is C27H29N. The monoisotopic (exact) mass is 367 g/mol. The quantitative estimate of drug-likeness (QED) is 0.511. The van der Waals surface area contributed by atoms with E-state index in [1.807, 2.05) is 0 Å². The average Bonchev–Trinajstić information content (AvgIpc) is 2.73. The Balaban J connectivity index is 1.95. The maximum atomic E-state index is 3.66. The lowest BCUT2D eigenvalue weighted by molar-refractivity contribution is 0.677. The van der Waals surface area contributed by atoms with Crippen molar-refractivity contribution in [1.29, 1.82) is 0 Å². The zero-order valence-electron chi connectivity index (χ0n) is 17.2. The summed E-state index contributed by atoms with van der Waals surface area (Å²) in [5, 5.41) is 3.66. The van der Waals surface area contributed by atoms with Crippen molar-refractivity contribution in [3.8, 4) is 11.1 Å². The Morgan fingerprint density at radius 2 is 1.32 bits per heavy atom. The molecule has 28 heavy (non-hydrogen) atoms. The maximum absolute atomic E-state index is 3.66. The Morgan fingerprint density at radius 1 is 0.714 bits per heavy atom. The molecule has 3 aromatic carbocycles. The van der Waals surface area contributed by atoms with Crippen LogP contribution in [-0.2, 0) is 0 Å². The van der Waals surface area contributed by atoms with E-state index in [1.54, 1.807) is 0 Å². The Morgan fingerprint density at radius 3 is 1.96 bits per heavy atom. The highest BCUT2D eigenvalue weighted by molar-refractivity contribution is 5.69. The van der Waals surface area contributed by atoms with Gasteiger partial charge in [0.1, 0.15) is 0 Å². The van der Waals surface area contributed by atoms with Gasteiger partial charge in [-0.2, -0.15) is 0 Å². The maximum Gasteiger partial charge on any atom is 0.0773 e. The van der Waals surface area contributed by atoms with Crippen molar-refractivity contribution >= 4 is 6.08 Å². The van der Waals surface area contributed by atoms with Gasteiger partial charge < -0.3 is 5.32 Å². The second kappa shape index (κ2) is 7.67. The van der Waals surface area contributed by atoms with Crippen LogP contribution in [0.2, 0.25) is 0 Å². The molecule has 1 N–H and O–H groups in total. The van der Waals surface area contributed by atoms with Gasteiger partial charge in [-0.1, -0.05) is 94.4 Å². The van der Waals surface area contributed by atoms with Crippen molar-refractivity contribution in [2.24, 2.45) is 0 Å². The zero-order chi connectivity index (χ0) is 19.7. The molecule has 0 saturated heterocycles. The predicted octanol–water partition coefficient (Wildman–Crippen LogP) is 7.26. The minimum absolute atomic E-state index is 0.195. The normalized spacial score (nSPS) is 15.6. The van der Waals surface area contributed by atoms with Crippen molar-refractivity contribution < 1.29 is 0 Å². The van der Waals surface area contributed by atoms with Crippen LogP contribution >= 0.6 is 0 Å². The van der Waals surface area contributed by atoms with Crippen LogP contribution in [0.3, 0.4) is 0 Å². The molecule has 0 aromatic heterocycles. The van der Waals surface area contributed by atoms with Crippen molar-refractivity contribution in [2.75, 3.05) is 0 Å². The van der Waals surface area contributed by atoms with Gasteiger partial charge in [0.2, 0.25) is 0 Å². The first-order valence-electron chi connectivity index (χ1n) is 10.3. The lowest BCUT2D eigenvalue weighted by Crippen LogP contribution is -2.24. The molecule has 1 nitrogen and oxygen atoms in total. The molecule has 1 heteroatoms. The fraction of sp³-hybridized carbons (Fsp3) is 0.259. The number of fused-ring (bicyclic) bond motifs is 1. The average molecular weight is 368 g/mol. The number of hydrogen-bond donors (Lipinski definition) is 1. The van der Waals surface area contributed by atoms with E-state index in [1.165, 1.54) is 38.9 Å². The third kappa shape index (κ3) is 3.38. The number of hydrogen-bond acceptors (Lipinski definition) is 1. The van der Waals surface area contributed by atoms with Crippen LogP contribution in [0, 0.1) is 0 Å². The second-order valence-corrected chi connectivity index (χ2v) is 8.31. The molecule has 1 aliphatic heterocycles. The molecule has 1 aliphatic rings. The fourth-order valence-corrected chi connectivity index (χ4v) is 4.27. The van der Waals surface area contributed by atoms with Crippen molar-refractivity contribution in [3.63, 3.8) is 0 Å². The van der Waals surface area contributed by atoms with Crippen LogP contribution < -0.4 is 5.32 Å². The van der Waals surface area contributed by atoms with Gasteiger partial charge >= 0.3 is 0 Å². The Labute approximate surface area is 169 Å². The van der Waals surface area contributed by atoms with Crippen LogP contribution in [-0.4, -0.2) is 0 Å². The molecule has 0 saturated carbocycles. The van der Waals surface area contributed by atoms with Gasteiger partial charge in [0.25, 0.3) is 0 Å². The van der Waals surface area contributed by atoms with Crippen molar-refractivity contribution in [2.45, 2.75) is 45.6 Å². The summed E-state index contributed by atoms with van der Waals surface area (Å²) in [5.41, 5.74) is 9.59. The first-order chi connectivity index (χ1) is 13.6. The van der Waals surface area contributed by atoms with Crippen LogP contribution in [0.4, 0.5) is 0 Å². The summed E-state index contributed by atoms with van der Waals surface area (Å²) in [6.45, 7) is 9.23. The standard InChI is InChI=1S/C27H29N/c1-18(2)24-16-22(20-10-6-5-7-11-20)17-25(19(3)4)26(24)27-23-13-9-8-12-21(23)14-15-28-27/h5-19,27-28H,1-4H3. The van der Waals surface area contributed by atoms with Gasteiger partial charge in [0.05, 0.1) is 6.04 Å². The molecule has 0 amide bonds. The van der Waals surface area contributed by atoms with E-state index in [2.05, 4.69) is 112 Å². The van der Waals surface area contributed by atoms with Gasteiger partial charge in [-0.05, 0) is 63.1 Å². The molecule has 0 spiro atoms. The SMILES string of the molecule is CC(C)c1cc(-c2ccccc2)cc(C(C)C)c1C1NC=Cc2ccccc21. The van der Waals surface area contributed by atoms with E-state index in [0.29, 0.717) is 11.8 Å². The Bertz CT molecular complexity index is 967. The highest BCUT2D eigenvalue weighted by Crippen LogP contribution is 2.40. The topological polar surface area (TPSA) is 12.0 Å². The highest BCUT2D eigenvalue weighted by Gasteiger charge is 2.26. The Hall–Kier alpha value is -2.80. The largest absolute Gasteiger partial charge is 0.380 e. The first kappa shape index (κ1) is 18.6. The summed E-state index contributed by atoms with van der Waals surface area (Å²) in [7, 11) is 0. The van der Waals surface area contributed by atoms with Gasteiger partial charge in [0, 0.05) is 0 Å². The summed E-state index contributed by atoms with van der Waals surface area (Å²) in [6, 6.07) is 24.5. The van der Waals surface area contributed by atoms with E-state index >= 15 is 0 Å². The molecule has 1 unspecified atom stereocenters. The predicted molar refractivity (Wildman–Crippen MR) is 121 cm³/mol. The summed E-state index contributed by atoms with van der Waals surface area (Å²) in [5.74, 6) is 0.909. The first-order valence-corrected chi connectivity index (χ1v) is 10.3. The number of benzene rings is 3. The third-order valence-corrected chi connectivity index (χ3v) is 5.72. The van der Waals surface area contributed by atoms with Gasteiger partial charge in [-0.15, -0.1) is 0 Å². The lowest BCUT2D eigenvalue weighted by atomic mass is 9.79. The van der Waals surface area contributed by atoms with Crippen molar-refractivity contribution in [3.05, 3.63) is 101 Å². The molecule has 0 bridgehead atoms. The summed E-state index contributed by atoms with van der Waals surface area (Å²) in [4.78, 5) is 0. The highest BCUT2D eigenvalue weighted by atomic mass is 14.9. The van der Waals surface area contributed by atoms with Gasteiger partial charge in [-0.3, -0.25) is 0 Å². The van der Waals surface area contributed by atoms with E-state index in [-0.39, 0.29) is 6.04 Å². The third-order valence-electron chi connectivity index (χ3n) is 5.72. The second-order valence-electron chi connectivity index (χ2n) is 8.31. The number of nitrogens with one attached hydrogen (secondary N) is 1. The Kier molecular flexibility index (Phi) is 5.09. The van der Waals surface area contributed by atoms with Gasteiger partial charge in [0.15, 0.2) is 0 Å². The summed E-state index contributed by atoms with van der Waals surface area (Å²) in [6.07, 6.45) is 4.28. The molecule has 142 valence electrons. The molecular weight excluding hydrogens is 338 g/mol. The van der Waals surface area contributed by atoms with Crippen LogP contribution in [0.1, 0.15) is 73.4 Å². The fourth-order valence-electron chi connectivity index (χ4n) is 4.27. The zero-order valence-corrected chi connectivity index (χ0v) is 17.2. The van der Waals surface area contributed by atoms with Crippen LogP contribution in [0.15, 0.2) is 72.9 Å². The van der Waals surface area contributed by atoms with E-state index in [0.717, 1.165) is 0 Å². The number of rotatable bonds is 4. The van der Waals surface area contributed by atoms with Crippen LogP contribution in [0.5, 0.6) is 0 Å². The van der Waals surface area contributed by atoms with E-state index in [4.69, 9.17) is 0 Å². The molecule has 4 rings (SSSR count). The van der Waals surface area contributed by atoms with E-state index in [9.17, 15) is 0 Å². The van der Waals surface area contributed by atoms with Gasteiger partial charge in [-0.25, -0.2) is 0 Å². The van der Waals surface area contributed by atoms with Crippen LogP contribution in [0.25, 0.3) is 17.2 Å². The minimum atomic E-state index is 0.195. The molecule has 3 aromatic rings. The smallest absolute Gasteiger partial charge is 0.0773 e. The molecule has 1 heterocycles.